The number of hydrogen-bond acceptors (Lipinski definition) is 5. The van der Waals surface area contributed by atoms with E-state index in [1.54, 1.807) is 6.21 Å². The van der Waals surface area contributed by atoms with E-state index >= 15 is 0 Å². The molecule has 0 aliphatic carbocycles. The van der Waals surface area contributed by atoms with Gasteiger partial charge in [-0.3, -0.25) is 14.6 Å². The third-order valence-corrected chi connectivity index (χ3v) is 5.61. The quantitative estimate of drug-likeness (QED) is 0.407. The predicted octanol–water partition coefficient (Wildman–Crippen LogP) is 3.53. The van der Waals surface area contributed by atoms with Crippen molar-refractivity contribution < 1.29 is 9.53 Å². The Morgan fingerprint density at radius 3 is 2.09 bits per heavy atom. The molecule has 0 bridgehead atoms. The molecule has 0 saturated carbocycles. The van der Waals surface area contributed by atoms with Crippen LogP contribution in [-0.4, -0.2) is 54.6 Å². The number of ether oxygens (including phenoxy) is 1. The first-order chi connectivity index (χ1) is 16.2. The summed E-state index contributed by atoms with van der Waals surface area (Å²) in [6, 6.07) is 28.2. The number of rotatable bonds is 9. The van der Waals surface area contributed by atoms with Gasteiger partial charge in [0.05, 0.1) is 12.8 Å². The van der Waals surface area contributed by atoms with Crippen LogP contribution in [0, 0.1) is 0 Å². The van der Waals surface area contributed by atoms with E-state index in [0.717, 1.165) is 49.6 Å². The third-order valence-electron chi connectivity index (χ3n) is 5.61. The van der Waals surface area contributed by atoms with Crippen LogP contribution in [0.5, 0.6) is 5.75 Å². The number of carbonyl (C=O) groups excluding carboxylic acids is 1. The lowest BCUT2D eigenvalue weighted by atomic mass is 10.2. The average Bonchev–Trinajstić information content (AvgIpc) is 2.86. The number of hydrazone groups is 1. The Hall–Kier alpha value is -3.48. The van der Waals surface area contributed by atoms with Crippen LogP contribution >= 0.6 is 0 Å². The van der Waals surface area contributed by atoms with E-state index in [0.29, 0.717) is 13.2 Å². The third kappa shape index (κ3) is 7.56. The van der Waals surface area contributed by atoms with E-state index in [2.05, 4.69) is 44.6 Å². The SMILES string of the molecule is O=C(CN1CCN(Cc2ccccc2)CC1)N/N=C/c1ccc(OCc2ccccc2)cc1. The van der Waals surface area contributed by atoms with Gasteiger partial charge in [-0.1, -0.05) is 60.7 Å². The first-order valence-electron chi connectivity index (χ1n) is 11.3. The summed E-state index contributed by atoms with van der Waals surface area (Å²) in [6.07, 6.45) is 1.65. The monoisotopic (exact) mass is 442 g/mol. The molecule has 0 unspecified atom stereocenters. The smallest absolute Gasteiger partial charge is 0.254 e. The molecule has 1 fully saturated rings. The van der Waals surface area contributed by atoms with Crippen molar-refractivity contribution in [3.63, 3.8) is 0 Å². The van der Waals surface area contributed by atoms with Gasteiger partial charge in [-0.15, -0.1) is 0 Å². The largest absolute Gasteiger partial charge is 0.489 e. The average molecular weight is 443 g/mol. The molecule has 1 amide bonds. The van der Waals surface area contributed by atoms with Crippen LogP contribution in [0.15, 0.2) is 90.0 Å². The highest BCUT2D eigenvalue weighted by Crippen LogP contribution is 2.13. The summed E-state index contributed by atoms with van der Waals surface area (Å²) in [5.74, 6) is 0.706. The van der Waals surface area contributed by atoms with Gasteiger partial charge in [-0.25, -0.2) is 5.43 Å². The van der Waals surface area contributed by atoms with E-state index in [4.69, 9.17) is 4.74 Å². The standard InChI is InChI=1S/C27H30N4O2/c32-27(21-31-17-15-30(16-18-31)20-24-7-3-1-4-8-24)29-28-19-23-11-13-26(14-12-23)33-22-25-9-5-2-6-10-25/h1-14,19H,15-18,20-22H2,(H,29,32)/b28-19+. The molecule has 0 radical (unpaired) electrons. The lowest BCUT2D eigenvalue weighted by molar-refractivity contribution is -0.122. The van der Waals surface area contributed by atoms with Gasteiger partial charge in [0.15, 0.2) is 0 Å². The number of piperazine rings is 1. The van der Waals surface area contributed by atoms with Crippen LogP contribution in [0.2, 0.25) is 0 Å². The number of hydrogen-bond donors (Lipinski definition) is 1. The molecular formula is C27H30N4O2. The van der Waals surface area contributed by atoms with Gasteiger partial charge in [0, 0.05) is 32.7 Å². The molecule has 33 heavy (non-hydrogen) atoms. The number of benzene rings is 3. The van der Waals surface area contributed by atoms with Gasteiger partial charge in [-0.2, -0.15) is 5.10 Å². The van der Waals surface area contributed by atoms with Crippen molar-refractivity contribution in [1.29, 1.82) is 0 Å². The summed E-state index contributed by atoms with van der Waals surface area (Å²) in [5, 5.41) is 4.10. The van der Waals surface area contributed by atoms with E-state index in [-0.39, 0.29) is 5.91 Å². The second kappa shape index (κ2) is 11.9. The van der Waals surface area contributed by atoms with Gasteiger partial charge >= 0.3 is 0 Å². The predicted molar refractivity (Wildman–Crippen MR) is 131 cm³/mol. The second-order valence-corrected chi connectivity index (χ2v) is 8.17. The Balaban J connectivity index is 1.14. The minimum absolute atomic E-state index is 0.0921. The molecular weight excluding hydrogens is 412 g/mol. The van der Waals surface area contributed by atoms with Crippen LogP contribution in [0.25, 0.3) is 0 Å². The van der Waals surface area contributed by atoms with Crippen molar-refractivity contribution in [1.82, 2.24) is 15.2 Å². The summed E-state index contributed by atoms with van der Waals surface area (Å²) >= 11 is 0. The molecule has 6 nitrogen and oxygen atoms in total. The molecule has 0 atom stereocenters. The van der Waals surface area contributed by atoms with Gasteiger partial charge in [0.2, 0.25) is 0 Å². The van der Waals surface area contributed by atoms with Crippen molar-refractivity contribution in [3.8, 4) is 5.75 Å². The van der Waals surface area contributed by atoms with Gasteiger partial charge < -0.3 is 4.74 Å². The summed E-state index contributed by atoms with van der Waals surface area (Å²) in [7, 11) is 0. The van der Waals surface area contributed by atoms with Gasteiger partial charge in [0.25, 0.3) is 5.91 Å². The Kier molecular flexibility index (Phi) is 8.22. The maximum absolute atomic E-state index is 12.2. The van der Waals surface area contributed by atoms with Gasteiger partial charge in [0.1, 0.15) is 12.4 Å². The summed E-state index contributed by atoms with van der Waals surface area (Å²) in [4.78, 5) is 16.8. The Labute approximate surface area is 195 Å². The summed E-state index contributed by atoms with van der Waals surface area (Å²) < 4.78 is 5.79. The van der Waals surface area contributed by atoms with Crippen molar-refractivity contribution in [2.75, 3.05) is 32.7 Å². The summed E-state index contributed by atoms with van der Waals surface area (Å²) in [5.41, 5.74) is 5.99. The number of carbonyl (C=O) groups is 1. The number of amides is 1. The molecule has 170 valence electrons. The van der Waals surface area contributed by atoms with Crippen molar-refractivity contribution in [3.05, 3.63) is 102 Å². The fourth-order valence-corrected chi connectivity index (χ4v) is 3.76. The molecule has 6 heteroatoms. The lowest BCUT2D eigenvalue weighted by Crippen LogP contribution is -2.48. The molecule has 1 heterocycles. The lowest BCUT2D eigenvalue weighted by Gasteiger charge is -2.34. The highest BCUT2D eigenvalue weighted by Gasteiger charge is 2.18. The van der Waals surface area contributed by atoms with E-state index in [1.807, 2.05) is 60.7 Å². The minimum atomic E-state index is -0.0921. The Morgan fingerprint density at radius 1 is 0.818 bits per heavy atom. The topological polar surface area (TPSA) is 57.2 Å². The fourth-order valence-electron chi connectivity index (χ4n) is 3.76. The van der Waals surface area contributed by atoms with Crippen molar-refractivity contribution in [2.24, 2.45) is 5.10 Å². The maximum Gasteiger partial charge on any atom is 0.254 e. The molecule has 3 aromatic carbocycles. The van der Waals surface area contributed by atoms with Crippen LogP contribution in [0.4, 0.5) is 0 Å². The van der Waals surface area contributed by atoms with E-state index in [9.17, 15) is 4.79 Å². The van der Waals surface area contributed by atoms with E-state index in [1.165, 1.54) is 5.56 Å². The van der Waals surface area contributed by atoms with Crippen molar-refractivity contribution in [2.45, 2.75) is 13.2 Å². The van der Waals surface area contributed by atoms with E-state index < -0.39 is 0 Å². The zero-order chi connectivity index (χ0) is 22.7. The molecule has 1 aliphatic rings. The molecule has 4 rings (SSSR count). The Bertz CT molecular complexity index is 1020. The molecule has 0 spiro atoms. The molecule has 0 aromatic heterocycles. The summed E-state index contributed by atoms with van der Waals surface area (Å²) in [6.45, 7) is 5.55. The second-order valence-electron chi connectivity index (χ2n) is 8.17. The first-order valence-corrected chi connectivity index (χ1v) is 11.3. The molecule has 1 N–H and O–H groups in total. The van der Waals surface area contributed by atoms with Crippen molar-refractivity contribution >= 4 is 12.1 Å². The van der Waals surface area contributed by atoms with Crippen LogP contribution in [0.1, 0.15) is 16.7 Å². The molecule has 3 aromatic rings. The molecule has 1 saturated heterocycles. The minimum Gasteiger partial charge on any atom is -0.489 e. The van der Waals surface area contributed by atoms with Gasteiger partial charge in [-0.05, 0) is 41.0 Å². The number of nitrogens with zero attached hydrogens (tertiary/aromatic N) is 3. The Morgan fingerprint density at radius 2 is 1.42 bits per heavy atom. The zero-order valence-corrected chi connectivity index (χ0v) is 18.8. The normalized spacial score (nSPS) is 14.9. The first kappa shape index (κ1) is 22.7. The highest BCUT2D eigenvalue weighted by atomic mass is 16.5. The van der Waals surface area contributed by atoms with Crippen LogP contribution in [-0.2, 0) is 17.9 Å². The molecule has 1 aliphatic heterocycles. The zero-order valence-electron chi connectivity index (χ0n) is 18.8. The fraction of sp³-hybridized carbons (Fsp3) is 0.259. The maximum atomic E-state index is 12.2. The number of nitrogens with one attached hydrogen (secondary N) is 1. The van der Waals surface area contributed by atoms with Crippen LogP contribution < -0.4 is 10.2 Å². The highest BCUT2D eigenvalue weighted by molar-refractivity contribution is 5.83. The van der Waals surface area contributed by atoms with Crippen LogP contribution in [0.3, 0.4) is 0 Å².